The zero-order chi connectivity index (χ0) is 12.2. The molecule has 18 heavy (non-hydrogen) atoms. The molecule has 0 spiro atoms. The summed E-state index contributed by atoms with van der Waals surface area (Å²) in [4.78, 5) is 4.40. The van der Waals surface area contributed by atoms with E-state index in [0.29, 0.717) is 5.92 Å². The summed E-state index contributed by atoms with van der Waals surface area (Å²) in [6.07, 6.45) is 4.32. The van der Waals surface area contributed by atoms with Crippen LogP contribution in [0.4, 0.5) is 0 Å². The number of fused-ring (bicyclic) bond motifs is 1. The molecule has 0 radical (unpaired) electrons. The van der Waals surface area contributed by atoms with Gasteiger partial charge in [-0.3, -0.25) is 4.98 Å². The van der Waals surface area contributed by atoms with Gasteiger partial charge < -0.3 is 10.1 Å². The summed E-state index contributed by atoms with van der Waals surface area (Å²) < 4.78 is 5.96. The van der Waals surface area contributed by atoms with Gasteiger partial charge in [0.25, 0.3) is 0 Å². The third kappa shape index (κ3) is 2.46. The highest BCUT2D eigenvalue weighted by molar-refractivity contribution is 5.84. The molecule has 1 atom stereocenters. The largest absolute Gasteiger partial charge is 0.491 e. The minimum atomic E-state index is 0.623. The Morgan fingerprint density at radius 3 is 3.11 bits per heavy atom. The summed E-state index contributed by atoms with van der Waals surface area (Å²) in [5.41, 5.74) is 0.962. The molecule has 1 aromatic carbocycles. The third-order valence-electron chi connectivity index (χ3n) is 3.47. The van der Waals surface area contributed by atoms with Crippen molar-refractivity contribution in [1.82, 2.24) is 10.3 Å². The van der Waals surface area contributed by atoms with Gasteiger partial charge in [0.1, 0.15) is 11.3 Å². The van der Waals surface area contributed by atoms with Crippen molar-refractivity contribution in [3.05, 3.63) is 36.5 Å². The minimum Gasteiger partial charge on any atom is -0.491 e. The van der Waals surface area contributed by atoms with Crippen LogP contribution in [0.2, 0.25) is 0 Å². The highest BCUT2D eigenvalue weighted by atomic mass is 16.5. The van der Waals surface area contributed by atoms with E-state index in [1.54, 1.807) is 0 Å². The molecule has 3 heteroatoms. The zero-order valence-corrected chi connectivity index (χ0v) is 10.4. The number of para-hydroxylation sites is 1. The van der Waals surface area contributed by atoms with Crippen LogP contribution in [0.1, 0.15) is 12.8 Å². The number of nitrogens with zero attached hydrogens (tertiary/aromatic N) is 1. The van der Waals surface area contributed by atoms with Gasteiger partial charge >= 0.3 is 0 Å². The molecule has 2 heterocycles. The van der Waals surface area contributed by atoms with E-state index < -0.39 is 0 Å². The number of rotatable bonds is 3. The Morgan fingerprint density at radius 1 is 1.28 bits per heavy atom. The standard InChI is InChI=1S/C15H18N2O/c1-5-13-6-3-9-17-15(13)14(7-1)18-11-12-4-2-8-16-10-12/h1,3,5-7,9,12,16H,2,4,8,10-11H2/t12-/m0/s1. The number of benzene rings is 1. The van der Waals surface area contributed by atoms with Gasteiger partial charge in [0.2, 0.25) is 0 Å². The molecule has 1 saturated heterocycles. The smallest absolute Gasteiger partial charge is 0.145 e. The van der Waals surface area contributed by atoms with E-state index in [-0.39, 0.29) is 0 Å². The number of hydrogen-bond donors (Lipinski definition) is 1. The van der Waals surface area contributed by atoms with E-state index in [1.165, 1.54) is 12.8 Å². The molecule has 0 unspecified atom stereocenters. The Morgan fingerprint density at radius 2 is 2.22 bits per heavy atom. The summed E-state index contributed by atoms with van der Waals surface area (Å²) in [7, 11) is 0. The lowest BCUT2D eigenvalue weighted by Crippen LogP contribution is -2.33. The molecule has 0 saturated carbocycles. The molecule has 1 aliphatic rings. The Hall–Kier alpha value is -1.61. The summed E-state index contributed by atoms with van der Waals surface area (Å²) >= 11 is 0. The molecular formula is C15H18N2O. The van der Waals surface area contributed by atoms with Gasteiger partial charge in [-0.05, 0) is 31.5 Å². The van der Waals surface area contributed by atoms with Crippen LogP contribution in [0.25, 0.3) is 10.9 Å². The lowest BCUT2D eigenvalue weighted by molar-refractivity contribution is 0.220. The Labute approximate surface area is 107 Å². The summed E-state index contributed by atoms with van der Waals surface area (Å²) in [5, 5.41) is 4.55. The second-order valence-corrected chi connectivity index (χ2v) is 4.85. The molecule has 0 aliphatic carbocycles. The third-order valence-corrected chi connectivity index (χ3v) is 3.47. The quantitative estimate of drug-likeness (QED) is 0.898. The van der Waals surface area contributed by atoms with E-state index in [0.717, 1.165) is 36.3 Å². The van der Waals surface area contributed by atoms with Gasteiger partial charge in [-0.15, -0.1) is 0 Å². The van der Waals surface area contributed by atoms with Crippen LogP contribution >= 0.6 is 0 Å². The van der Waals surface area contributed by atoms with Crippen molar-refractivity contribution in [1.29, 1.82) is 0 Å². The van der Waals surface area contributed by atoms with Gasteiger partial charge in [0.15, 0.2) is 0 Å². The Bertz CT molecular complexity index is 515. The first-order valence-electron chi connectivity index (χ1n) is 6.61. The Balaban J connectivity index is 1.74. The maximum atomic E-state index is 5.96. The number of ether oxygens (including phenoxy) is 1. The van der Waals surface area contributed by atoms with Gasteiger partial charge in [-0.2, -0.15) is 0 Å². The molecule has 2 aromatic rings. The topological polar surface area (TPSA) is 34.1 Å². The fraction of sp³-hybridized carbons (Fsp3) is 0.400. The molecule has 1 aromatic heterocycles. The van der Waals surface area contributed by atoms with Crippen LogP contribution in [-0.2, 0) is 0 Å². The first kappa shape index (κ1) is 11.5. The monoisotopic (exact) mass is 242 g/mol. The molecule has 0 bridgehead atoms. The van der Waals surface area contributed by atoms with Gasteiger partial charge in [0, 0.05) is 24.0 Å². The van der Waals surface area contributed by atoms with E-state index in [4.69, 9.17) is 4.74 Å². The van der Waals surface area contributed by atoms with Gasteiger partial charge in [0.05, 0.1) is 6.61 Å². The molecule has 3 rings (SSSR count). The first-order chi connectivity index (χ1) is 8.93. The van der Waals surface area contributed by atoms with Crippen LogP contribution in [0.15, 0.2) is 36.5 Å². The van der Waals surface area contributed by atoms with E-state index in [2.05, 4.69) is 22.4 Å². The predicted molar refractivity (Wildman–Crippen MR) is 72.8 cm³/mol. The summed E-state index contributed by atoms with van der Waals surface area (Å²) in [6, 6.07) is 10.1. The summed E-state index contributed by atoms with van der Waals surface area (Å²) in [5.74, 6) is 1.52. The van der Waals surface area contributed by atoms with Crippen molar-refractivity contribution in [3.63, 3.8) is 0 Å². The molecule has 0 amide bonds. The van der Waals surface area contributed by atoms with Gasteiger partial charge in [-0.1, -0.05) is 18.2 Å². The molecule has 1 fully saturated rings. The Kier molecular flexibility index (Phi) is 3.42. The highest BCUT2D eigenvalue weighted by Crippen LogP contribution is 2.24. The highest BCUT2D eigenvalue weighted by Gasteiger charge is 2.14. The van der Waals surface area contributed by atoms with E-state index in [1.807, 2.05) is 24.4 Å². The lowest BCUT2D eigenvalue weighted by atomic mass is 10.0. The molecule has 1 aliphatic heterocycles. The molecule has 94 valence electrons. The van der Waals surface area contributed by atoms with Crippen molar-refractivity contribution in [2.24, 2.45) is 5.92 Å². The summed E-state index contributed by atoms with van der Waals surface area (Å²) in [6.45, 7) is 2.99. The fourth-order valence-corrected chi connectivity index (χ4v) is 2.47. The predicted octanol–water partition coefficient (Wildman–Crippen LogP) is 2.61. The number of piperidine rings is 1. The first-order valence-corrected chi connectivity index (χ1v) is 6.61. The van der Waals surface area contributed by atoms with E-state index >= 15 is 0 Å². The normalized spacial score (nSPS) is 19.9. The van der Waals surface area contributed by atoms with Crippen molar-refractivity contribution in [3.8, 4) is 5.75 Å². The maximum Gasteiger partial charge on any atom is 0.145 e. The second kappa shape index (κ2) is 5.36. The van der Waals surface area contributed by atoms with E-state index in [9.17, 15) is 0 Å². The second-order valence-electron chi connectivity index (χ2n) is 4.85. The van der Waals surface area contributed by atoms with Crippen molar-refractivity contribution < 1.29 is 4.74 Å². The van der Waals surface area contributed by atoms with Crippen LogP contribution in [0, 0.1) is 5.92 Å². The number of aromatic nitrogens is 1. The van der Waals surface area contributed by atoms with Crippen molar-refractivity contribution in [2.75, 3.05) is 19.7 Å². The SMILES string of the molecule is c1cnc2c(OC[C@H]3CCCNC3)cccc2c1. The van der Waals surface area contributed by atoms with Crippen molar-refractivity contribution in [2.45, 2.75) is 12.8 Å². The average Bonchev–Trinajstić information content (AvgIpc) is 2.46. The molecule has 1 N–H and O–H groups in total. The number of hydrogen-bond acceptors (Lipinski definition) is 3. The number of pyridine rings is 1. The average molecular weight is 242 g/mol. The molecular weight excluding hydrogens is 224 g/mol. The fourth-order valence-electron chi connectivity index (χ4n) is 2.47. The van der Waals surface area contributed by atoms with Crippen LogP contribution in [0.3, 0.4) is 0 Å². The van der Waals surface area contributed by atoms with Crippen LogP contribution in [0.5, 0.6) is 5.75 Å². The molecule has 3 nitrogen and oxygen atoms in total. The van der Waals surface area contributed by atoms with Crippen LogP contribution in [-0.4, -0.2) is 24.7 Å². The lowest BCUT2D eigenvalue weighted by Gasteiger charge is -2.22. The van der Waals surface area contributed by atoms with Gasteiger partial charge in [-0.25, -0.2) is 0 Å². The zero-order valence-electron chi connectivity index (χ0n) is 10.4. The van der Waals surface area contributed by atoms with Crippen LogP contribution < -0.4 is 10.1 Å². The number of nitrogens with one attached hydrogen (secondary N) is 1. The minimum absolute atomic E-state index is 0.623. The van der Waals surface area contributed by atoms with Crippen molar-refractivity contribution >= 4 is 10.9 Å². The maximum absolute atomic E-state index is 5.96.